The first-order chi connectivity index (χ1) is 17.7. The van der Waals surface area contributed by atoms with Crippen molar-refractivity contribution in [2.75, 3.05) is 26.5 Å². The van der Waals surface area contributed by atoms with E-state index in [-0.39, 0.29) is 17.6 Å². The Bertz CT molecular complexity index is 1100. The fourth-order valence-corrected chi connectivity index (χ4v) is 7.89. The van der Waals surface area contributed by atoms with E-state index < -0.39 is 0 Å². The largest absolute Gasteiger partial charge is 0.485 e. The molecule has 3 aliphatic heterocycles. The number of hydrogen-bond acceptors (Lipinski definition) is 5. The highest BCUT2D eigenvalue weighted by molar-refractivity contribution is 5.59. The van der Waals surface area contributed by atoms with Crippen molar-refractivity contribution >= 4 is 0 Å². The molecule has 2 aromatic carbocycles. The van der Waals surface area contributed by atoms with E-state index in [1.54, 1.807) is 0 Å². The molecule has 6 atom stereocenters. The third-order valence-electron chi connectivity index (χ3n) is 9.86. The maximum Gasteiger partial charge on any atom is 0.165 e. The molecule has 2 aromatic rings. The first-order valence-electron chi connectivity index (χ1n) is 14.1. The lowest BCUT2D eigenvalue weighted by molar-refractivity contribution is -0.233. The first-order valence-corrected chi connectivity index (χ1v) is 14.1. The summed E-state index contributed by atoms with van der Waals surface area (Å²) < 4.78 is 25.7. The van der Waals surface area contributed by atoms with Gasteiger partial charge < -0.3 is 23.8 Å². The Labute approximate surface area is 215 Å². The smallest absolute Gasteiger partial charge is 0.165 e. The Morgan fingerprint density at radius 3 is 2.78 bits per heavy atom. The van der Waals surface area contributed by atoms with Crippen LogP contribution in [-0.4, -0.2) is 49.6 Å². The summed E-state index contributed by atoms with van der Waals surface area (Å²) in [5.41, 5.74) is 3.99. The number of rotatable bonds is 6. The molecule has 2 saturated carbocycles. The second-order valence-corrected chi connectivity index (χ2v) is 11.8. The fraction of sp³-hybridized carbons (Fsp3) is 0.613. The molecule has 0 bridgehead atoms. The fourth-order valence-electron chi connectivity index (χ4n) is 7.89. The van der Waals surface area contributed by atoms with Gasteiger partial charge in [0.05, 0.1) is 6.61 Å². The molecule has 192 valence electrons. The molecule has 5 unspecified atom stereocenters. The van der Waals surface area contributed by atoms with Gasteiger partial charge in [-0.25, -0.2) is 0 Å². The van der Waals surface area contributed by atoms with E-state index in [9.17, 15) is 0 Å². The summed E-state index contributed by atoms with van der Waals surface area (Å²) in [6.45, 7) is 8.86. The van der Waals surface area contributed by atoms with Crippen molar-refractivity contribution < 1.29 is 18.9 Å². The summed E-state index contributed by atoms with van der Waals surface area (Å²) in [4.78, 5) is 2.79. The lowest BCUT2D eigenvalue weighted by atomic mass is 9.52. The van der Waals surface area contributed by atoms with Gasteiger partial charge >= 0.3 is 0 Å². The molecule has 1 spiro atoms. The molecule has 7 rings (SSSR count). The molecule has 5 heteroatoms. The van der Waals surface area contributed by atoms with Crippen LogP contribution in [0.3, 0.4) is 0 Å². The quantitative estimate of drug-likeness (QED) is 0.548. The maximum absolute atomic E-state index is 7.06. The average Bonchev–Trinajstić information content (AvgIpc) is 3.67. The zero-order valence-electron chi connectivity index (χ0n) is 21.7. The summed E-state index contributed by atoms with van der Waals surface area (Å²) in [6.07, 6.45) is 6.20. The standard InChI is InChI=1S/C31H39NO4/c1-3-23-11-12-26(34-17-22-7-5-4-6-8-22)29-27(23)31-13-14-32(16-21-9-10-21)20(2)25(31)15-24-18-33-19-35-28(24)30(31)36-29/h4-8,11-12,20-21,24-25,28,30H,3,9-10,13-19H2,1-2H3/t20?,24?,25?,28?,30-,31?/m0/s1. The minimum absolute atomic E-state index is 0.0230. The minimum Gasteiger partial charge on any atom is -0.485 e. The van der Waals surface area contributed by atoms with Crippen LogP contribution in [0.5, 0.6) is 11.5 Å². The molecule has 3 heterocycles. The van der Waals surface area contributed by atoms with E-state index in [0.29, 0.717) is 31.3 Å². The van der Waals surface area contributed by atoms with Crippen molar-refractivity contribution in [1.82, 2.24) is 4.90 Å². The van der Waals surface area contributed by atoms with Crippen molar-refractivity contribution in [2.45, 2.75) is 76.2 Å². The van der Waals surface area contributed by atoms with Gasteiger partial charge in [0, 0.05) is 29.5 Å². The molecule has 0 amide bonds. The van der Waals surface area contributed by atoms with Crippen molar-refractivity contribution in [3.63, 3.8) is 0 Å². The Hall–Kier alpha value is -2.08. The molecular weight excluding hydrogens is 450 g/mol. The normalized spacial score (nSPS) is 35.2. The molecule has 2 aliphatic carbocycles. The second kappa shape index (κ2) is 9.04. The zero-order chi connectivity index (χ0) is 24.3. The highest BCUT2D eigenvalue weighted by Gasteiger charge is 2.66. The van der Waals surface area contributed by atoms with Crippen LogP contribution in [0.25, 0.3) is 0 Å². The molecule has 5 aliphatic rings. The van der Waals surface area contributed by atoms with E-state index in [4.69, 9.17) is 18.9 Å². The number of benzene rings is 2. The molecule has 4 fully saturated rings. The summed E-state index contributed by atoms with van der Waals surface area (Å²) in [5, 5.41) is 0. The van der Waals surface area contributed by atoms with E-state index in [1.807, 2.05) is 6.07 Å². The van der Waals surface area contributed by atoms with Gasteiger partial charge in [0.2, 0.25) is 0 Å². The lowest BCUT2D eigenvalue weighted by Gasteiger charge is -2.58. The zero-order valence-corrected chi connectivity index (χ0v) is 21.7. The van der Waals surface area contributed by atoms with Gasteiger partial charge in [0.15, 0.2) is 11.5 Å². The summed E-state index contributed by atoms with van der Waals surface area (Å²) in [6, 6.07) is 15.4. The summed E-state index contributed by atoms with van der Waals surface area (Å²) >= 11 is 0. The van der Waals surface area contributed by atoms with E-state index >= 15 is 0 Å². The predicted octanol–water partition coefficient (Wildman–Crippen LogP) is 5.34. The van der Waals surface area contributed by atoms with Crippen LogP contribution in [0.15, 0.2) is 42.5 Å². The summed E-state index contributed by atoms with van der Waals surface area (Å²) in [5.74, 6) is 3.69. The second-order valence-electron chi connectivity index (χ2n) is 11.8. The number of aryl methyl sites for hydroxylation is 1. The topological polar surface area (TPSA) is 40.2 Å². The summed E-state index contributed by atoms with van der Waals surface area (Å²) in [7, 11) is 0. The number of nitrogens with zero attached hydrogens (tertiary/aromatic N) is 1. The number of likely N-dealkylation sites (tertiary alicyclic amines) is 1. The monoisotopic (exact) mass is 489 g/mol. The van der Waals surface area contributed by atoms with Crippen LogP contribution in [0.2, 0.25) is 0 Å². The Morgan fingerprint density at radius 2 is 1.97 bits per heavy atom. The van der Waals surface area contributed by atoms with Crippen molar-refractivity contribution in [3.8, 4) is 11.5 Å². The van der Waals surface area contributed by atoms with Gasteiger partial charge in [-0.15, -0.1) is 0 Å². The van der Waals surface area contributed by atoms with Crippen molar-refractivity contribution in [2.24, 2.45) is 17.8 Å². The van der Waals surface area contributed by atoms with Crippen LogP contribution in [0, 0.1) is 17.8 Å². The Morgan fingerprint density at radius 1 is 1.11 bits per heavy atom. The highest BCUT2D eigenvalue weighted by atomic mass is 16.7. The van der Waals surface area contributed by atoms with Gasteiger partial charge in [0.25, 0.3) is 0 Å². The lowest BCUT2D eigenvalue weighted by Crippen LogP contribution is -2.67. The van der Waals surface area contributed by atoms with Crippen LogP contribution in [0.1, 0.15) is 56.2 Å². The third kappa shape index (κ3) is 3.61. The first kappa shape index (κ1) is 23.1. The predicted molar refractivity (Wildman–Crippen MR) is 138 cm³/mol. The Kier molecular flexibility index (Phi) is 5.79. The van der Waals surface area contributed by atoms with Crippen LogP contribution in [-0.2, 0) is 27.9 Å². The van der Waals surface area contributed by atoms with Gasteiger partial charge in [-0.3, -0.25) is 0 Å². The number of hydrogen-bond donors (Lipinski definition) is 0. The van der Waals surface area contributed by atoms with Crippen molar-refractivity contribution in [1.29, 1.82) is 0 Å². The molecule has 36 heavy (non-hydrogen) atoms. The van der Waals surface area contributed by atoms with Gasteiger partial charge in [-0.05, 0) is 74.6 Å². The highest BCUT2D eigenvalue weighted by Crippen LogP contribution is 2.63. The SMILES string of the molecule is CCc1ccc(OCc2ccccc2)c2c1C13CCN(CC4CC4)C(C)C1CC1COCOC1[C@@H]3O2. The number of fused-ring (bicyclic) bond motifs is 3. The third-order valence-corrected chi connectivity index (χ3v) is 9.86. The minimum atomic E-state index is -0.0230. The van der Waals surface area contributed by atoms with Crippen molar-refractivity contribution in [3.05, 3.63) is 59.2 Å². The van der Waals surface area contributed by atoms with Gasteiger partial charge in [-0.1, -0.05) is 43.3 Å². The maximum atomic E-state index is 7.06. The van der Waals surface area contributed by atoms with E-state index in [2.05, 4.69) is 55.1 Å². The number of piperidine rings is 1. The van der Waals surface area contributed by atoms with Gasteiger partial charge in [-0.2, -0.15) is 0 Å². The number of ether oxygens (including phenoxy) is 4. The van der Waals surface area contributed by atoms with Crippen LogP contribution >= 0.6 is 0 Å². The average molecular weight is 490 g/mol. The van der Waals surface area contributed by atoms with Gasteiger partial charge in [0.1, 0.15) is 25.6 Å². The molecule has 0 aromatic heterocycles. The van der Waals surface area contributed by atoms with E-state index in [1.165, 1.54) is 36.1 Å². The molecule has 0 radical (unpaired) electrons. The Balaban J connectivity index is 1.30. The molecule has 5 nitrogen and oxygen atoms in total. The van der Waals surface area contributed by atoms with Crippen LogP contribution < -0.4 is 9.47 Å². The van der Waals surface area contributed by atoms with Crippen LogP contribution in [0.4, 0.5) is 0 Å². The molecule has 0 N–H and O–H groups in total. The van der Waals surface area contributed by atoms with E-state index in [0.717, 1.165) is 49.8 Å². The molecule has 2 saturated heterocycles. The molecular formula is C31H39NO4.